The van der Waals surface area contributed by atoms with Crippen molar-refractivity contribution in [1.82, 2.24) is 5.32 Å². The average Bonchev–Trinajstić information content (AvgIpc) is 1.65. The molecule has 0 unspecified atom stereocenters. The highest BCUT2D eigenvalue weighted by molar-refractivity contribution is 4.98. The molecule has 0 aromatic carbocycles. The first kappa shape index (κ1) is 4.61. The maximum atomic E-state index is 8.27. The molecule has 1 N–H and O–H groups in total. The number of hydrogen-bond acceptors (Lipinski definition) is 2. The lowest BCUT2D eigenvalue weighted by Crippen LogP contribution is -2.49. The second kappa shape index (κ2) is 1.51. The first-order chi connectivity index (χ1) is 3.34. The zero-order valence-electron chi connectivity index (χ0n) is 4.31. The van der Waals surface area contributed by atoms with Crippen molar-refractivity contribution in [1.29, 1.82) is 5.26 Å². The van der Waals surface area contributed by atoms with Crippen molar-refractivity contribution < 1.29 is 0 Å². The maximum Gasteiger partial charge on any atom is 0.0738 e. The molecule has 0 saturated carbocycles. The molecule has 0 aromatic rings. The van der Waals surface area contributed by atoms with Gasteiger partial charge in [-0.25, -0.2) is 0 Å². The number of rotatable bonds is 0. The second-order valence-corrected chi connectivity index (χ2v) is 1.93. The van der Waals surface area contributed by atoms with Crippen LogP contribution >= 0.6 is 0 Å². The number of nitriles is 1. The van der Waals surface area contributed by atoms with E-state index in [-0.39, 0.29) is 5.92 Å². The monoisotopic (exact) mass is 96.1 g/mol. The molecule has 1 heterocycles. The molecule has 0 aromatic heterocycles. The van der Waals surface area contributed by atoms with Crippen molar-refractivity contribution in [2.24, 2.45) is 5.92 Å². The fourth-order valence-electron chi connectivity index (χ4n) is 0.629. The third-order valence-corrected chi connectivity index (χ3v) is 1.43. The lowest BCUT2D eigenvalue weighted by Gasteiger charge is -2.29. The van der Waals surface area contributed by atoms with Gasteiger partial charge in [0.25, 0.3) is 0 Å². The Morgan fingerprint density at radius 2 is 2.57 bits per heavy atom. The fraction of sp³-hybridized carbons (Fsp3) is 0.800. The topological polar surface area (TPSA) is 35.8 Å². The van der Waals surface area contributed by atoms with Crippen LogP contribution in [0.4, 0.5) is 0 Å². The molecule has 1 aliphatic heterocycles. The summed E-state index contributed by atoms with van der Waals surface area (Å²) in [6, 6.07) is 2.62. The van der Waals surface area contributed by atoms with Gasteiger partial charge in [0.15, 0.2) is 0 Å². The van der Waals surface area contributed by atoms with Crippen LogP contribution in [0.3, 0.4) is 0 Å². The van der Waals surface area contributed by atoms with Crippen LogP contribution in [0.15, 0.2) is 0 Å². The molecule has 0 aliphatic carbocycles. The summed E-state index contributed by atoms with van der Waals surface area (Å²) in [5.41, 5.74) is 0. The summed E-state index contributed by atoms with van der Waals surface area (Å²) in [5, 5.41) is 11.4. The van der Waals surface area contributed by atoms with Gasteiger partial charge in [0.2, 0.25) is 0 Å². The molecule has 2 nitrogen and oxygen atoms in total. The highest BCUT2D eigenvalue weighted by Crippen LogP contribution is 2.09. The van der Waals surface area contributed by atoms with Gasteiger partial charge >= 0.3 is 0 Å². The van der Waals surface area contributed by atoms with Crippen molar-refractivity contribution in [2.75, 3.05) is 6.54 Å². The van der Waals surface area contributed by atoms with E-state index in [1.165, 1.54) is 0 Å². The van der Waals surface area contributed by atoms with Crippen LogP contribution in [0.5, 0.6) is 0 Å². The summed E-state index contributed by atoms with van der Waals surface area (Å²) in [7, 11) is 0. The molecule has 1 fully saturated rings. The maximum absolute atomic E-state index is 8.27. The van der Waals surface area contributed by atoms with Crippen LogP contribution in [0.2, 0.25) is 0 Å². The van der Waals surface area contributed by atoms with E-state index in [1.54, 1.807) is 0 Å². The Labute approximate surface area is 43.1 Å². The SMILES string of the molecule is C[C@@H]1NC[C@@H]1C#N. The van der Waals surface area contributed by atoms with E-state index < -0.39 is 0 Å². The van der Waals surface area contributed by atoms with E-state index in [0.717, 1.165) is 6.54 Å². The Balaban J connectivity index is 2.33. The van der Waals surface area contributed by atoms with Crippen LogP contribution in [-0.2, 0) is 0 Å². The summed E-state index contributed by atoms with van der Waals surface area (Å²) in [5.74, 6) is 0.278. The predicted molar refractivity (Wildman–Crippen MR) is 26.6 cm³/mol. The standard InChI is InChI=1S/C5H8N2/c1-4-5(2-6)3-7-4/h4-5,7H,3H2,1H3/t4-,5-/m0/s1. The third-order valence-electron chi connectivity index (χ3n) is 1.43. The summed E-state index contributed by atoms with van der Waals surface area (Å²) < 4.78 is 0. The molecule has 1 aliphatic rings. The van der Waals surface area contributed by atoms with E-state index in [4.69, 9.17) is 5.26 Å². The largest absolute Gasteiger partial charge is 0.312 e. The molecule has 0 amide bonds. The Morgan fingerprint density at radius 3 is 2.57 bits per heavy atom. The molecule has 2 heteroatoms. The molecule has 0 spiro atoms. The smallest absolute Gasteiger partial charge is 0.0738 e. The number of hydrogen-bond donors (Lipinski definition) is 1. The molecule has 7 heavy (non-hydrogen) atoms. The number of nitrogens with one attached hydrogen (secondary N) is 1. The van der Waals surface area contributed by atoms with Crippen molar-refractivity contribution >= 4 is 0 Å². The van der Waals surface area contributed by atoms with Gasteiger partial charge in [-0.1, -0.05) is 0 Å². The minimum Gasteiger partial charge on any atom is -0.312 e. The first-order valence-electron chi connectivity index (χ1n) is 2.47. The highest BCUT2D eigenvalue weighted by atomic mass is 15.0. The van der Waals surface area contributed by atoms with E-state index >= 15 is 0 Å². The van der Waals surface area contributed by atoms with Gasteiger partial charge in [-0.3, -0.25) is 0 Å². The van der Waals surface area contributed by atoms with Gasteiger partial charge in [-0.2, -0.15) is 5.26 Å². The Morgan fingerprint density at radius 1 is 1.86 bits per heavy atom. The van der Waals surface area contributed by atoms with E-state index in [2.05, 4.69) is 11.4 Å². The molecule has 0 radical (unpaired) electrons. The molecule has 1 saturated heterocycles. The Hall–Kier alpha value is -0.550. The summed E-state index contributed by atoms with van der Waals surface area (Å²) in [4.78, 5) is 0. The summed E-state index contributed by atoms with van der Waals surface area (Å²) in [6.45, 7) is 2.91. The number of nitrogens with zero attached hydrogens (tertiary/aromatic N) is 1. The third kappa shape index (κ3) is 0.594. The molecule has 2 atom stereocenters. The van der Waals surface area contributed by atoms with Gasteiger partial charge in [0.1, 0.15) is 0 Å². The normalized spacial score (nSPS) is 38.9. The quantitative estimate of drug-likeness (QED) is 0.465. The molecular weight excluding hydrogens is 88.1 g/mol. The first-order valence-corrected chi connectivity index (χ1v) is 2.47. The molecule has 1 rings (SSSR count). The van der Waals surface area contributed by atoms with Crippen molar-refractivity contribution in [2.45, 2.75) is 13.0 Å². The predicted octanol–water partition coefficient (Wildman–Crippen LogP) is 0.118. The van der Waals surface area contributed by atoms with Crippen LogP contribution in [-0.4, -0.2) is 12.6 Å². The molecule has 0 bridgehead atoms. The Bertz CT molecular complexity index is 103. The van der Waals surface area contributed by atoms with Crippen molar-refractivity contribution in [3.8, 4) is 6.07 Å². The Kier molecular flexibility index (Phi) is 0.994. The minimum atomic E-state index is 0.278. The van der Waals surface area contributed by atoms with E-state index in [9.17, 15) is 0 Å². The van der Waals surface area contributed by atoms with E-state index in [1.807, 2.05) is 6.92 Å². The summed E-state index contributed by atoms with van der Waals surface area (Å²) >= 11 is 0. The molecule has 38 valence electrons. The van der Waals surface area contributed by atoms with Gasteiger partial charge in [-0.05, 0) is 6.92 Å². The van der Waals surface area contributed by atoms with Gasteiger partial charge in [-0.15, -0.1) is 0 Å². The molecular formula is C5H8N2. The van der Waals surface area contributed by atoms with Crippen LogP contribution in [0, 0.1) is 17.2 Å². The van der Waals surface area contributed by atoms with Gasteiger partial charge in [0, 0.05) is 12.6 Å². The lowest BCUT2D eigenvalue weighted by molar-refractivity contribution is 0.315. The van der Waals surface area contributed by atoms with Crippen LogP contribution in [0.1, 0.15) is 6.92 Å². The summed E-state index contributed by atoms with van der Waals surface area (Å²) in [6.07, 6.45) is 0. The zero-order chi connectivity index (χ0) is 5.28. The fourth-order valence-corrected chi connectivity index (χ4v) is 0.629. The van der Waals surface area contributed by atoms with Crippen LogP contribution < -0.4 is 5.32 Å². The zero-order valence-corrected chi connectivity index (χ0v) is 4.31. The lowest BCUT2D eigenvalue weighted by atomic mass is 9.95. The minimum absolute atomic E-state index is 0.278. The van der Waals surface area contributed by atoms with E-state index in [0.29, 0.717) is 6.04 Å². The van der Waals surface area contributed by atoms with Gasteiger partial charge in [0.05, 0.1) is 12.0 Å². The van der Waals surface area contributed by atoms with Crippen LogP contribution in [0.25, 0.3) is 0 Å². The average molecular weight is 96.1 g/mol. The van der Waals surface area contributed by atoms with Gasteiger partial charge < -0.3 is 5.32 Å². The second-order valence-electron chi connectivity index (χ2n) is 1.93. The highest BCUT2D eigenvalue weighted by Gasteiger charge is 2.24. The van der Waals surface area contributed by atoms with Crippen molar-refractivity contribution in [3.05, 3.63) is 0 Å². The van der Waals surface area contributed by atoms with Crippen molar-refractivity contribution in [3.63, 3.8) is 0 Å².